The molecule has 32 heavy (non-hydrogen) atoms. The first-order valence-electron chi connectivity index (χ1n) is 9.50. The average molecular weight is 454 g/mol. The second-order valence-corrected chi connectivity index (χ2v) is 7.79. The standard InChI is InChI=1S/C18H24N6O.C2HF3O2/c1-18(2,3)17-22-21-16-10-9-15(23-24(16)17)20-11-13(19)12-7-5-6-8-14(12)25-4;3-2(4,5)1(6)7/h5-10,13H,11,19H2,1-4H3,(H,20,23);(H,6,7). The van der Waals surface area contributed by atoms with E-state index in [9.17, 15) is 13.2 Å². The minimum Gasteiger partial charge on any atom is -0.496 e. The molecule has 0 saturated carbocycles. The van der Waals surface area contributed by atoms with E-state index >= 15 is 0 Å². The molecule has 0 bridgehead atoms. The quantitative estimate of drug-likeness (QED) is 0.536. The minimum absolute atomic E-state index is 0.140. The van der Waals surface area contributed by atoms with Crippen LogP contribution >= 0.6 is 0 Å². The predicted octanol–water partition coefficient (Wildman–Crippen LogP) is 3.18. The molecule has 0 radical (unpaired) electrons. The third-order valence-electron chi connectivity index (χ3n) is 4.22. The van der Waals surface area contributed by atoms with Gasteiger partial charge in [-0.3, -0.25) is 0 Å². The number of alkyl halides is 3. The summed E-state index contributed by atoms with van der Waals surface area (Å²) in [7, 11) is 1.65. The number of fused-ring (bicyclic) bond motifs is 1. The predicted molar refractivity (Wildman–Crippen MR) is 112 cm³/mol. The van der Waals surface area contributed by atoms with Crippen LogP contribution in [0.2, 0.25) is 0 Å². The molecule has 3 rings (SSSR count). The number of para-hydroxylation sites is 1. The van der Waals surface area contributed by atoms with Crippen LogP contribution in [-0.2, 0) is 10.2 Å². The summed E-state index contributed by atoms with van der Waals surface area (Å²) in [6, 6.07) is 11.3. The van der Waals surface area contributed by atoms with E-state index in [0.29, 0.717) is 6.54 Å². The largest absolute Gasteiger partial charge is 0.496 e. The van der Waals surface area contributed by atoms with Crippen LogP contribution in [0.3, 0.4) is 0 Å². The Morgan fingerprint density at radius 3 is 2.38 bits per heavy atom. The Kier molecular flexibility index (Phi) is 7.62. The van der Waals surface area contributed by atoms with Crippen molar-refractivity contribution < 1.29 is 27.8 Å². The van der Waals surface area contributed by atoms with E-state index in [4.69, 9.17) is 20.4 Å². The summed E-state index contributed by atoms with van der Waals surface area (Å²) in [4.78, 5) is 8.90. The zero-order valence-electron chi connectivity index (χ0n) is 18.0. The van der Waals surface area contributed by atoms with E-state index in [2.05, 4.69) is 41.4 Å². The Hall–Kier alpha value is -3.41. The smallest absolute Gasteiger partial charge is 0.490 e. The van der Waals surface area contributed by atoms with Gasteiger partial charge in [-0.15, -0.1) is 15.3 Å². The number of rotatable bonds is 5. The van der Waals surface area contributed by atoms with E-state index in [1.54, 1.807) is 11.6 Å². The van der Waals surface area contributed by atoms with Gasteiger partial charge in [0.2, 0.25) is 0 Å². The molecule has 0 amide bonds. The van der Waals surface area contributed by atoms with E-state index in [0.717, 1.165) is 28.6 Å². The normalized spacial score (nSPS) is 12.6. The summed E-state index contributed by atoms with van der Waals surface area (Å²) < 4.78 is 38.9. The van der Waals surface area contributed by atoms with Crippen molar-refractivity contribution in [1.82, 2.24) is 19.8 Å². The molecule has 1 unspecified atom stereocenters. The molecule has 2 aromatic heterocycles. The lowest BCUT2D eigenvalue weighted by atomic mass is 9.96. The van der Waals surface area contributed by atoms with Gasteiger partial charge < -0.3 is 20.9 Å². The number of nitrogens with zero attached hydrogens (tertiary/aromatic N) is 4. The molecular weight excluding hydrogens is 429 g/mol. The van der Waals surface area contributed by atoms with Gasteiger partial charge in [0.15, 0.2) is 11.5 Å². The fourth-order valence-corrected chi connectivity index (χ4v) is 2.65. The number of carboxylic acid groups (broad SMARTS) is 1. The number of halogens is 3. The number of carboxylic acids is 1. The van der Waals surface area contributed by atoms with Crippen LogP contribution in [0.15, 0.2) is 36.4 Å². The Balaban J connectivity index is 0.000000451. The van der Waals surface area contributed by atoms with Gasteiger partial charge in [-0.25, -0.2) is 4.79 Å². The number of benzene rings is 1. The number of methoxy groups -OCH3 is 1. The Morgan fingerprint density at radius 1 is 1.19 bits per heavy atom. The molecule has 1 aromatic carbocycles. The fourth-order valence-electron chi connectivity index (χ4n) is 2.65. The molecule has 9 nitrogen and oxygen atoms in total. The van der Waals surface area contributed by atoms with Crippen LogP contribution in [0.4, 0.5) is 19.0 Å². The van der Waals surface area contributed by atoms with Gasteiger partial charge in [-0.1, -0.05) is 39.0 Å². The molecule has 1 atom stereocenters. The molecule has 174 valence electrons. The monoisotopic (exact) mass is 454 g/mol. The lowest BCUT2D eigenvalue weighted by Gasteiger charge is -2.17. The highest BCUT2D eigenvalue weighted by atomic mass is 19.4. The SMILES string of the molecule is COc1ccccc1C(N)CNc1ccc2nnc(C(C)(C)C)n2n1.O=C(O)C(F)(F)F. The highest BCUT2D eigenvalue weighted by Gasteiger charge is 2.38. The Labute approximate surface area is 182 Å². The molecule has 0 aliphatic heterocycles. The lowest BCUT2D eigenvalue weighted by molar-refractivity contribution is -0.192. The maximum Gasteiger partial charge on any atom is 0.490 e. The summed E-state index contributed by atoms with van der Waals surface area (Å²) in [6.45, 7) is 6.79. The van der Waals surface area contributed by atoms with Crippen LogP contribution in [-0.4, -0.2) is 50.7 Å². The van der Waals surface area contributed by atoms with Gasteiger partial charge in [0.25, 0.3) is 0 Å². The summed E-state index contributed by atoms with van der Waals surface area (Å²) >= 11 is 0. The maximum absolute atomic E-state index is 10.6. The van der Waals surface area contributed by atoms with Crippen LogP contribution in [0, 0.1) is 0 Å². The summed E-state index contributed by atoms with van der Waals surface area (Å²) in [5.74, 6) is -0.426. The summed E-state index contributed by atoms with van der Waals surface area (Å²) in [6.07, 6.45) is -5.08. The fraction of sp³-hybridized carbons (Fsp3) is 0.400. The summed E-state index contributed by atoms with van der Waals surface area (Å²) in [5.41, 5.74) is 7.85. The van der Waals surface area contributed by atoms with Crippen molar-refractivity contribution in [1.29, 1.82) is 0 Å². The van der Waals surface area contributed by atoms with Gasteiger partial charge in [0.1, 0.15) is 11.6 Å². The molecule has 12 heteroatoms. The zero-order valence-corrected chi connectivity index (χ0v) is 18.0. The topological polar surface area (TPSA) is 128 Å². The van der Waals surface area contributed by atoms with E-state index < -0.39 is 12.1 Å². The second kappa shape index (κ2) is 9.81. The van der Waals surface area contributed by atoms with Crippen LogP contribution < -0.4 is 15.8 Å². The first-order valence-corrected chi connectivity index (χ1v) is 9.50. The number of carbonyl (C=O) groups is 1. The molecule has 0 aliphatic carbocycles. The van der Waals surface area contributed by atoms with Gasteiger partial charge >= 0.3 is 12.1 Å². The average Bonchev–Trinajstić information content (AvgIpc) is 3.15. The zero-order chi connectivity index (χ0) is 24.1. The molecule has 0 spiro atoms. The number of nitrogens with one attached hydrogen (secondary N) is 1. The van der Waals surface area contributed by atoms with Gasteiger partial charge in [-0.05, 0) is 18.2 Å². The molecule has 0 fully saturated rings. The molecule has 0 saturated heterocycles. The number of aromatic nitrogens is 4. The highest BCUT2D eigenvalue weighted by Crippen LogP contribution is 2.24. The van der Waals surface area contributed by atoms with Gasteiger partial charge in [-0.2, -0.15) is 17.7 Å². The van der Waals surface area contributed by atoms with Crippen LogP contribution in [0.1, 0.15) is 38.2 Å². The van der Waals surface area contributed by atoms with Crippen LogP contribution in [0.25, 0.3) is 5.65 Å². The van der Waals surface area contributed by atoms with Gasteiger partial charge in [0.05, 0.1) is 13.2 Å². The first kappa shape index (κ1) is 24.9. The van der Waals surface area contributed by atoms with Crippen molar-refractivity contribution in [3.8, 4) is 5.75 Å². The van der Waals surface area contributed by atoms with Gasteiger partial charge in [0, 0.05) is 17.5 Å². The molecule has 2 heterocycles. The first-order chi connectivity index (χ1) is 14.8. The van der Waals surface area contributed by atoms with Crippen molar-refractivity contribution in [2.24, 2.45) is 5.73 Å². The van der Waals surface area contributed by atoms with E-state index in [1.807, 2.05) is 36.4 Å². The molecule has 4 N–H and O–H groups in total. The Morgan fingerprint density at radius 2 is 1.81 bits per heavy atom. The maximum atomic E-state index is 10.6. The van der Waals surface area contributed by atoms with Crippen molar-refractivity contribution in [2.45, 2.75) is 38.4 Å². The number of anilines is 1. The van der Waals surface area contributed by atoms with Crippen LogP contribution in [0.5, 0.6) is 5.75 Å². The molecule has 0 aliphatic rings. The summed E-state index contributed by atoms with van der Waals surface area (Å²) in [5, 5.41) is 23.4. The number of nitrogens with two attached hydrogens (primary N) is 1. The third kappa shape index (κ3) is 6.30. The Bertz CT molecular complexity index is 1060. The third-order valence-corrected chi connectivity index (χ3v) is 4.22. The lowest BCUT2D eigenvalue weighted by Crippen LogP contribution is -2.22. The van der Waals surface area contributed by atoms with Crippen molar-refractivity contribution in [3.05, 3.63) is 47.8 Å². The minimum atomic E-state index is -5.08. The number of ether oxygens (including phenoxy) is 1. The number of hydrogen-bond acceptors (Lipinski definition) is 7. The van der Waals surface area contributed by atoms with Crippen molar-refractivity contribution in [2.75, 3.05) is 19.0 Å². The molecular formula is C20H25F3N6O3. The van der Waals surface area contributed by atoms with Crippen molar-refractivity contribution >= 4 is 17.4 Å². The molecule has 3 aromatic rings. The van der Waals surface area contributed by atoms with E-state index in [1.165, 1.54) is 0 Å². The second-order valence-electron chi connectivity index (χ2n) is 7.79. The van der Waals surface area contributed by atoms with Crippen molar-refractivity contribution in [3.63, 3.8) is 0 Å². The number of aliphatic carboxylic acids is 1. The number of hydrogen-bond donors (Lipinski definition) is 3. The highest BCUT2D eigenvalue weighted by molar-refractivity contribution is 5.73. The van der Waals surface area contributed by atoms with E-state index in [-0.39, 0.29) is 11.5 Å².